The molecular weight excluding hydrogens is 364 g/mol. The first-order valence-corrected chi connectivity index (χ1v) is 9.80. The number of hydrogen-bond donors (Lipinski definition) is 2. The van der Waals surface area contributed by atoms with Crippen LogP contribution in [0.25, 0.3) is 0 Å². The molecule has 2 N–H and O–H groups in total. The average molecular weight is 396 g/mol. The third kappa shape index (κ3) is 8.30. The van der Waals surface area contributed by atoms with E-state index in [0.29, 0.717) is 36.8 Å². The van der Waals surface area contributed by atoms with Crippen LogP contribution in [0.5, 0.6) is 11.5 Å². The van der Waals surface area contributed by atoms with E-state index in [4.69, 9.17) is 18.9 Å². The van der Waals surface area contributed by atoms with Crippen molar-refractivity contribution >= 4 is 0 Å². The van der Waals surface area contributed by atoms with Gasteiger partial charge in [0.15, 0.2) is 0 Å². The van der Waals surface area contributed by atoms with Crippen LogP contribution in [-0.2, 0) is 9.47 Å². The van der Waals surface area contributed by atoms with Gasteiger partial charge in [0.05, 0.1) is 25.4 Å². The van der Waals surface area contributed by atoms with Crippen LogP contribution in [0, 0.1) is 0 Å². The Kier molecular flexibility index (Phi) is 7.90. The van der Waals surface area contributed by atoms with Crippen LogP contribution < -0.4 is 9.47 Å². The third-order valence-corrected chi connectivity index (χ3v) is 4.59. The van der Waals surface area contributed by atoms with E-state index < -0.39 is 12.2 Å². The van der Waals surface area contributed by atoms with Gasteiger partial charge in [-0.3, -0.25) is 0 Å². The molecule has 1 aromatic rings. The summed E-state index contributed by atoms with van der Waals surface area (Å²) >= 11 is 0. The molecule has 0 aliphatic carbocycles. The van der Waals surface area contributed by atoms with E-state index in [-0.39, 0.29) is 13.2 Å². The summed E-state index contributed by atoms with van der Waals surface area (Å²) in [5.74, 6) is 1.34. The van der Waals surface area contributed by atoms with Crippen LogP contribution in [0.3, 0.4) is 0 Å². The first-order chi connectivity index (χ1) is 13.5. The molecule has 158 valence electrons. The van der Waals surface area contributed by atoms with Gasteiger partial charge in [0.1, 0.15) is 36.9 Å². The molecule has 0 bridgehead atoms. The van der Waals surface area contributed by atoms with E-state index in [1.807, 2.05) is 23.9 Å². The Balaban J connectivity index is 1.30. The van der Waals surface area contributed by atoms with Crippen molar-refractivity contribution in [3.05, 3.63) is 24.3 Å². The minimum atomic E-state index is -0.562. The van der Waals surface area contributed by atoms with E-state index in [1.54, 1.807) is 24.3 Å². The van der Waals surface area contributed by atoms with Crippen molar-refractivity contribution in [1.82, 2.24) is 9.80 Å². The zero-order valence-electron chi connectivity index (χ0n) is 16.7. The number of aliphatic hydroxyl groups is 2. The minimum Gasteiger partial charge on any atom is -0.491 e. The highest BCUT2D eigenvalue weighted by Crippen LogP contribution is 2.18. The van der Waals surface area contributed by atoms with Crippen LogP contribution in [0.4, 0.5) is 0 Å². The summed E-state index contributed by atoms with van der Waals surface area (Å²) in [6.45, 7) is 4.83. The third-order valence-electron chi connectivity index (χ3n) is 4.59. The topological polar surface area (TPSA) is 90.5 Å². The quantitative estimate of drug-likeness (QED) is 0.419. The van der Waals surface area contributed by atoms with Crippen LogP contribution in [-0.4, -0.2) is 111 Å². The van der Waals surface area contributed by atoms with Gasteiger partial charge in [-0.2, -0.15) is 0 Å². The standard InChI is InChI=1S/C20H32N2O6/c1-21(9-19-13-27-19)7-15(23)11-25-17-3-5-18(6-4-17)26-12-16(24)8-22(2)10-20-14-28-20/h3-6,15-16,19-20,23-24H,7-14H2,1-2H3. The summed E-state index contributed by atoms with van der Waals surface area (Å²) in [5.41, 5.74) is 0. The second kappa shape index (κ2) is 10.4. The number of hydrogen-bond acceptors (Lipinski definition) is 8. The monoisotopic (exact) mass is 396 g/mol. The molecule has 2 aliphatic heterocycles. The first-order valence-electron chi connectivity index (χ1n) is 9.80. The fourth-order valence-electron chi connectivity index (χ4n) is 3.03. The number of nitrogens with zero attached hydrogens (tertiary/aromatic N) is 2. The molecule has 4 unspecified atom stereocenters. The zero-order valence-corrected chi connectivity index (χ0v) is 16.7. The predicted molar refractivity (Wildman–Crippen MR) is 104 cm³/mol. The maximum absolute atomic E-state index is 10.1. The van der Waals surface area contributed by atoms with Crippen molar-refractivity contribution in [3.8, 4) is 11.5 Å². The molecule has 0 radical (unpaired) electrons. The molecule has 3 rings (SSSR count). The molecule has 2 aliphatic rings. The zero-order chi connectivity index (χ0) is 19.9. The highest BCUT2D eigenvalue weighted by atomic mass is 16.6. The van der Waals surface area contributed by atoms with Gasteiger partial charge in [0, 0.05) is 26.2 Å². The van der Waals surface area contributed by atoms with Crippen LogP contribution in [0.2, 0.25) is 0 Å². The largest absolute Gasteiger partial charge is 0.491 e. The molecule has 2 fully saturated rings. The highest BCUT2D eigenvalue weighted by molar-refractivity contribution is 5.31. The Bertz CT molecular complexity index is 528. The van der Waals surface area contributed by atoms with Crippen LogP contribution >= 0.6 is 0 Å². The Morgan fingerprint density at radius 1 is 0.857 bits per heavy atom. The fourth-order valence-corrected chi connectivity index (χ4v) is 3.03. The van der Waals surface area contributed by atoms with E-state index in [0.717, 1.165) is 26.3 Å². The summed E-state index contributed by atoms with van der Waals surface area (Å²) in [4.78, 5) is 4.09. The van der Waals surface area contributed by atoms with Gasteiger partial charge in [-0.15, -0.1) is 0 Å². The lowest BCUT2D eigenvalue weighted by Gasteiger charge is -2.20. The van der Waals surface area contributed by atoms with Crippen molar-refractivity contribution in [3.63, 3.8) is 0 Å². The lowest BCUT2D eigenvalue weighted by Crippen LogP contribution is -2.35. The predicted octanol–water partition coefficient (Wildman–Crippen LogP) is -0.173. The van der Waals surface area contributed by atoms with Gasteiger partial charge in [0.25, 0.3) is 0 Å². The number of ether oxygens (including phenoxy) is 4. The molecule has 2 saturated heterocycles. The molecule has 2 heterocycles. The van der Waals surface area contributed by atoms with E-state index in [1.165, 1.54) is 0 Å². The van der Waals surface area contributed by atoms with Gasteiger partial charge >= 0.3 is 0 Å². The van der Waals surface area contributed by atoms with Gasteiger partial charge in [-0.05, 0) is 38.4 Å². The average Bonchev–Trinajstić information content (AvgIpc) is 3.56. The van der Waals surface area contributed by atoms with Gasteiger partial charge in [0.2, 0.25) is 0 Å². The van der Waals surface area contributed by atoms with Gasteiger partial charge in [-0.1, -0.05) is 0 Å². The Labute approximate surface area is 166 Å². The van der Waals surface area contributed by atoms with Crippen LogP contribution in [0.15, 0.2) is 24.3 Å². The molecule has 1 aromatic carbocycles. The number of rotatable bonds is 14. The van der Waals surface area contributed by atoms with E-state index >= 15 is 0 Å². The van der Waals surface area contributed by atoms with Crippen molar-refractivity contribution in [1.29, 1.82) is 0 Å². The van der Waals surface area contributed by atoms with Crippen molar-refractivity contribution < 1.29 is 29.2 Å². The molecule has 8 heteroatoms. The summed E-state index contributed by atoms with van der Waals surface area (Å²) in [7, 11) is 3.92. The van der Waals surface area contributed by atoms with Crippen molar-refractivity contribution in [2.24, 2.45) is 0 Å². The number of benzene rings is 1. The Morgan fingerprint density at radius 2 is 1.21 bits per heavy atom. The van der Waals surface area contributed by atoms with Crippen LogP contribution in [0.1, 0.15) is 0 Å². The molecule has 8 nitrogen and oxygen atoms in total. The Hall–Kier alpha value is -1.42. The summed E-state index contributed by atoms with van der Waals surface area (Å²) in [6.07, 6.45) is -0.491. The molecule has 0 amide bonds. The second-order valence-corrected chi connectivity index (χ2v) is 7.75. The smallest absolute Gasteiger partial charge is 0.119 e. The molecule has 0 aromatic heterocycles. The first kappa shape index (κ1) is 21.3. The molecular formula is C20H32N2O6. The molecule has 28 heavy (non-hydrogen) atoms. The number of epoxide rings is 2. The number of aliphatic hydroxyl groups excluding tert-OH is 2. The number of likely N-dealkylation sites (N-methyl/N-ethyl adjacent to an activating group) is 2. The fraction of sp³-hybridized carbons (Fsp3) is 0.700. The maximum Gasteiger partial charge on any atom is 0.119 e. The normalized spacial score (nSPS) is 22.9. The van der Waals surface area contributed by atoms with Gasteiger partial charge in [-0.25, -0.2) is 0 Å². The molecule has 4 atom stereocenters. The highest BCUT2D eigenvalue weighted by Gasteiger charge is 2.25. The molecule has 0 saturated carbocycles. The maximum atomic E-state index is 10.1. The summed E-state index contributed by atoms with van der Waals surface area (Å²) < 4.78 is 21.6. The Morgan fingerprint density at radius 3 is 1.54 bits per heavy atom. The summed E-state index contributed by atoms with van der Waals surface area (Å²) in [6, 6.07) is 7.19. The summed E-state index contributed by atoms with van der Waals surface area (Å²) in [5, 5.41) is 20.1. The lowest BCUT2D eigenvalue weighted by atomic mass is 10.3. The van der Waals surface area contributed by atoms with E-state index in [2.05, 4.69) is 0 Å². The lowest BCUT2D eigenvalue weighted by molar-refractivity contribution is 0.0729. The minimum absolute atomic E-state index is 0.228. The SMILES string of the molecule is CN(CC(O)COc1ccc(OCC(O)CN(C)CC2CO2)cc1)CC1CO1. The van der Waals surface area contributed by atoms with Crippen molar-refractivity contribution in [2.45, 2.75) is 24.4 Å². The van der Waals surface area contributed by atoms with E-state index in [9.17, 15) is 10.2 Å². The molecule has 0 spiro atoms. The van der Waals surface area contributed by atoms with Gasteiger partial charge < -0.3 is 39.0 Å². The van der Waals surface area contributed by atoms with Crippen molar-refractivity contribution in [2.75, 3.05) is 66.7 Å². The second-order valence-electron chi connectivity index (χ2n) is 7.75.